The Balaban J connectivity index is 2.55. The summed E-state index contributed by atoms with van der Waals surface area (Å²) in [5.41, 5.74) is 0.951. The molecule has 7 heteroatoms. The minimum absolute atomic E-state index is 0.00496. The van der Waals surface area contributed by atoms with Crippen molar-refractivity contribution in [1.29, 1.82) is 0 Å². The zero-order chi connectivity index (χ0) is 13.3. The number of carbonyl (C=O) groups excluding carboxylic acids is 2. The lowest BCUT2D eigenvalue weighted by Gasteiger charge is -2.00. The van der Waals surface area contributed by atoms with Gasteiger partial charge in [0.05, 0.1) is 18.1 Å². The molecule has 2 heterocycles. The number of hydrogen-bond donors (Lipinski definition) is 0. The smallest absolute Gasteiger partial charge is 0.339 e. The summed E-state index contributed by atoms with van der Waals surface area (Å²) in [6, 6.07) is 1.67. The number of ketones is 1. The van der Waals surface area contributed by atoms with Crippen LogP contribution in [0.3, 0.4) is 0 Å². The SMILES string of the molecule is COC(=O)c1cnc2c(c1)c(I)nn2CC(C)=O. The van der Waals surface area contributed by atoms with Crippen LogP contribution in [0.2, 0.25) is 0 Å². The third-order valence-electron chi connectivity index (χ3n) is 2.34. The molecule has 2 aromatic rings. The number of aromatic nitrogens is 3. The fourth-order valence-electron chi connectivity index (χ4n) is 1.57. The number of rotatable bonds is 3. The Morgan fingerprint density at radius 3 is 2.83 bits per heavy atom. The standard InChI is InChI=1S/C11H10IN3O3/c1-6(16)5-15-10-8(9(12)14-15)3-7(4-13-10)11(17)18-2/h3-4H,5H2,1-2H3. The Morgan fingerprint density at radius 2 is 2.22 bits per heavy atom. The van der Waals surface area contributed by atoms with E-state index in [0.29, 0.717) is 14.9 Å². The largest absolute Gasteiger partial charge is 0.465 e. The van der Waals surface area contributed by atoms with Crippen LogP contribution in [-0.2, 0) is 16.1 Å². The van der Waals surface area contributed by atoms with Crippen molar-refractivity contribution < 1.29 is 14.3 Å². The molecule has 0 aromatic carbocycles. The van der Waals surface area contributed by atoms with Crippen molar-refractivity contribution in [2.45, 2.75) is 13.5 Å². The number of hydrogen-bond acceptors (Lipinski definition) is 5. The van der Waals surface area contributed by atoms with Gasteiger partial charge in [-0.15, -0.1) is 0 Å². The van der Waals surface area contributed by atoms with Crippen LogP contribution < -0.4 is 0 Å². The second kappa shape index (κ2) is 5.01. The molecule has 0 atom stereocenters. The molecule has 0 radical (unpaired) electrons. The number of Topliss-reactive ketones (excluding diaryl/α,β-unsaturated/α-hetero) is 1. The van der Waals surface area contributed by atoms with E-state index >= 15 is 0 Å². The number of carbonyl (C=O) groups is 2. The number of nitrogens with zero attached hydrogens (tertiary/aromatic N) is 3. The molecular formula is C11H10IN3O3. The molecule has 0 N–H and O–H groups in total. The fourth-order valence-corrected chi connectivity index (χ4v) is 2.23. The van der Waals surface area contributed by atoms with Gasteiger partial charge >= 0.3 is 5.97 Å². The fraction of sp³-hybridized carbons (Fsp3) is 0.273. The molecule has 0 bridgehead atoms. The first-order valence-electron chi connectivity index (χ1n) is 5.12. The molecule has 0 unspecified atom stereocenters. The maximum atomic E-state index is 11.4. The maximum Gasteiger partial charge on any atom is 0.339 e. The summed E-state index contributed by atoms with van der Waals surface area (Å²) in [5.74, 6) is -0.450. The van der Waals surface area contributed by atoms with Gasteiger partial charge < -0.3 is 4.74 Å². The molecule has 0 aliphatic carbocycles. The van der Waals surface area contributed by atoms with Crippen molar-refractivity contribution in [3.8, 4) is 0 Å². The molecule has 0 saturated heterocycles. The minimum atomic E-state index is -0.445. The van der Waals surface area contributed by atoms with E-state index in [1.54, 1.807) is 6.07 Å². The van der Waals surface area contributed by atoms with E-state index in [9.17, 15) is 9.59 Å². The zero-order valence-electron chi connectivity index (χ0n) is 9.81. The molecule has 0 aliphatic rings. The molecule has 0 fully saturated rings. The van der Waals surface area contributed by atoms with Gasteiger partial charge in [-0.2, -0.15) is 5.10 Å². The predicted octanol–water partition coefficient (Wildman–Crippen LogP) is 1.41. The molecule has 94 valence electrons. The van der Waals surface area contributed by atoms with Gasteiger partial charge in [0.1, 0.15) is 10.2 Å². The van der Waals surface area contributed by atoms with Crippen LogP contribution >= 0.6 is 22.6 Å². The zero-order valence-corrected chi connectivity index (χ0v) is 12.0. The highest BCUT2D eigenvalue weighted by Crippen LogP contribution is 2.20. The van der Waals surface area contributed by atoms with Gasteiger partial charge in [-0.1, -0.05) is 0 Å². The molecule has 0 aliphatic heterocycles. The highest BCUT2D eigenvalue weighted by molar-refractivity contribution is 14.1. The van der Waals surface area contributed by atoms with E-state index in [1.807, 2.05) is 22.6 Å². The third kappa shape index (κ3) is 2.35. The summed E-state index contributed by atoms with van der Waals surface area (Å²) in [5, 5.41) is 4.96. The van der Waals surface area contributed by atoms with E-state index < -0.39 is 5.97 Å². The van der Waals surface area contributed by atoms with E-state index in [2.05, 4.69) is 14.8 Å². The number of halogens is 1. The van der Waals surface area contributed by atoms with Gasteiger partial charge in [0, 0.05) is 6.20 Å². The minimum Gasteiger partial charge on any atom is -0.465 e. The van der Waals surface area contributed by atoms with Crippen LogP contribution in [0, 0.1) is 3.70 Å². The molecule has 0 saturated carbocycles. The van der Waals surface area contributed by atoms with Gasteiger partial charge in [0.25, 0.3) is 0 Å². The van der Waals surface area contributed by atoms with Crippen LogP contribution in [0.15, 0.2) is 12.3 Å². The van der Waals surface area contributed by atoms with Crippen molar-refractivity contribution in [1.82, 2.24) is 14.8 Å². The van der Waals surface area contributed by atoms with Crippen molar-refractivity contribution in [3.05, 3.63) is 21.5 Å². The summed E-state index contributed by atoms with van der Waals surface area (Å²) in [6.45, 7) is 1.66. The highest BCUT2D eigenvalue weighted by atomic mass is 127. The van der Waals surface area contributed by atoms with Crippen molar-refractivity contribution in [2.75, 3.05) is 7.11 Å². The second-order valence-corrected chi connectivity index (χ2v) is 4.76. The summed E-state index contributed by atoms with van der Waals surface area (Å²) < 4.78 is 6.86. The normalized spacial score (nSPS) is 10.6. The molecule has 0 spiro atoms. The molecule has 18 heavy (non-hydrogen) atoms. The topological polar surface area (TPSA) is 74.1 Å². The molecule has 6 nitrogen and oxygen atoms in total. The van der Waals surface area contributed by atoms with Crippen LogP contribution in [-0.4, -0.2) is 33.6 Å². The van der Waals surface area contributed by atoms with Gasteiger partial charge in [-0.05, 0) is 35.6 Å². The number of esters is 1. The summed E-state index contributed by atoms with van der Waals surface area (Å²) in [6.07, 6.45) is 1.42. The molecule has 2 rings (SSSR count). The monoisotopic (exact) mass is 359 g/mol. The highest BCUT2D eigenvalue weighted by Gasteiger charge is 2.14. The first-order chi connectivity index (χ1) is 8.52. The first-order valence-corrected chi connectivity index (χ1v) is 6.20. The third-order valence-corrected chi connectivity index (χ3v) is 3.13. The van der Waals surface area contributed by atoms with E-state index in [-0.39, 0.29) is 12.3 Å². The summed E-state index contributed by atoms with van der Waals surface area (Å²) >= 11 is 2.04. The molecule has 2 aromatic heterocycles. The Kier molecular flexibility index (Phi) is 3.60. The predicted molar refractivity (Wildman–Crippen MR) is 72.3 cm³/mol. The lowest BCUT2D eigenvalue weighted by atomic mass is 10.2. The van der Waals surface area contributed by atoms with Crippen LogP contribution in [0.4, 0.5) is 0 Å². The first kappa shape index (κ1) is 12.9. The van der Waals surface area contributed by atoms with Gasteiger partial charge in [-0.3, -0.25) is 4.79 Å². The number of methoxy groups -OCH3 is 1. The molecular weight excluding hydrogens is 349 g/mol. The Labute approximate surface area is 116 Å². The maximum absolute atomic E-state index is 11.4. The van der Waals surface area contributed by atoms with Crippen molar-refractivity contribution in [2.24, 2.45) is 0 Å². The second-order valence-electron chi connectivity index (χ2n) is 3.74. The van der Waals surface area contributed by atoms with Crippen molar-refractivity contribution >= 4 is 45.4 Å². The van der Waals surface area contributed by atoms with Crippen LogP contribution in [0.5, 0.6) is 0 Å². The number of ether oxygens (including phenoxy) is 1. The average molecular weight is 359 g/mol. The number of pyridine rings is 1. The summed E-state index contributed by atoms with van der Waals surface area (Å²) in [4.78, 5) is 26.7. The average Bonchev–Trinajstić information content (AvgIpc) is 2.64. The lowest BCUT2D eigenvalue weighted by molar-refractivity contribution is -0.117. The Morgan fingerprint density at radius 1 is 1.50 bits per heavy atom. The van der Waals surface area contributed by atoms with Crippen LogP contribution in [0.25, 0.3) is 11.0 Å². The van der Waals surface area contributed by atoms with Crippen LogP contribution in [0.1, 0.15) is 17.3 Å². The van der Waals surface area contributed by atoms with Gasteiger partial charge in [0.2, 0.25) is 0 Å². The van der Waals surface area contributed by atoms with E-state index in [1.165, 1.54) is 24.9 Å². The van der Waals surface area contributed by atoms with E-state index in [4.69, 9.17) is 0 Å². The van der Waals surface area contributed by atoms with Crippen molar-refractivity contribution in [3.63, 3.8) is 0 Å². The quantitative estimate of drug-likeness (QED) is 0.612. The summed E-state index contributed by atoms with van der Waals surface area (Å²) in [7, 11) is 1.32. The lowest BCUT2D eigenvalue weighted by Crippen LogP contribution is -2.08. The Bertz CT molecular complexity index is 636. The Hall–Kier alpha value is -1.51. The number of fused-ring (bicyclic) bond motifs is 1. The molecule has 0 amide bonds. The van der Waals surface area contributed by atoms with Gasteiger partial charge in [-0.25, -0.2) is 14.5 Å². The van der Waals surface area contributed by atoms with Gasteiger partial charge in [0.15, 0.2) is 11.4 Å². The van der Waals surface area contributed by atoms with E-state index in [0.717, 1.165) is 5.39 Å².